The maximum atomic E-state index is 5.66. The smallest absolute Gasteiger partial charge is 0.191 e. The molecule has 2 aliphatic heterocycles. The lowest BCUT2D eigenvalue weighted by Crippen LogP contribution is -2.58. The fourth-order valence-corrected chi connectivity index (χ4v) is 4.59. The van der Waals surface area contributed by atoms with Gasteiger partial charge in [0.05, 0.1) is 0 Å². The third-order valence-corrected chi connectivity index (χ3v) is 6.59. The van der Waals surface area contributed by atoms with Crippen LogP contribution in [-0.2, 0) is 11.2 Å². The van der Waals surface area contributed by atoms with E-state index >= 15 is 0 Å². The van der Waals surface area contributed by atoms with Crippen LogP contribution in [0.25, 0.3) is 0 Å². The van der Waals surface area contributed by atoms with Crippen LogP contribution < -0.4 is 10.6 Å². The van der Waals surface area contributed by atoms with E-state index in [-0.39, 0.29) is 5.54 Å². The van der Waals surface area contributed by atoms with E-state index in [0.717, 1.165) is 57.9 Å². The van der Waals surface area contributed by atoms with Crippen LogP contribution in [0.2, 0.25) is 0 Å². The summed E-state index contributed by atoms with van der Waals surface area (Å²) in [6.45, 7) is 10.6. The van der Waals surface area contributed by atoms with E-state index in [9.17, 15) is 0 Å². The van der Waals surface area contributed by atoms with Crippen molar-refractivity contribution in [3.8, 4) is 0 Å². The molecule has 0 atom stereocenters. The Labute approximate surface area is 177 Å². The van der Waals surface area contributed by atoms with E-state index in [2.05, 4.69) is 58.6 Å². The van der Waals surface area contributed by atoms with Gasteiger partial charge in [-0.25, -0.2) is 0 Å². The highest BCUT2D eigenvalue weighted by Crippen LogP contribution is 2.30. The van der Waals surface area contributed by atoms with Gasteiger partial charge in [0.25, 0.3) is 0 Å². The molecule has 5 nitrogen and oxygen atoms in total. The molecule has 0 aromatic heterocycles. The maximum absolute atomic E-state index is 5.66. The van der Waals surface area contributed by atoms with Crippen LogP contribution in [0.5, 0.6) is 0 Å². The number of likely N-dealkylation sites (tertiary alicyclic amines) is 1. The molecule has 0 amide bonds. The Bertz CT molecular complexity index is 629. The summed E-state index contributed by atoms with van der Waals surface area (Å²) < 4.78 is 5.66. The molecule has 29 heavy (non-hydrogen) atoms. The fourth-order valence-electron chi connectivity index (χ4n) is 4.59. The van der Waals surface area contributed by atoms with Crippen LogP contribution in [-0.4, -0.2) is 62.8 Å². The third-order valence-electron chi connectivity index (χ3n) is 6.59. The summed E-state index contributed by atoms with van der Waals surface area (Å²) >= 11 is 0. The molecule has 5 heteroatoms. The molecule has 162 valence electrons. The second kappa shape index (κ2) is 11.0. The quantitative estimate of drug-likeness (QED) is 0.398. The van der Waals surface area contributed by atoms with Gasteiger partial charge in [0.1, 0.15) is 0 Å². The fraction of sp³-hybridized carbons (Fsp3) is 0.708. The second-order valence-electron chi connectivity index (χ2n) is 8.88. The summed E-state index contributed by atoms with van der Waals surface area (Å²) in [5, 5.41) is 7.12. The molecule has 0 saturated carbocycles. The minimum absolute atomic E-state index is 0.227. The molecule has 0 radical (unpaired) electrons. The van der Waals surface area contributed by atoms with E-state index in [1.807, 2.05) is 7.05 Å². The van der Waals surface area contributed by atoms with Crippen molar-refractivity contribution >= 4 is 5.96 Å². The molecule has 1 aromatic carbocycles. The van der Waals surface area contributed by atoms with Crippen molar-refractivity contribution < 1.29 is 4.74 Å². The first kappa shape index (κ1) is 22.1. The van der Waals surface area contributed by atoms with Crippen molar-refractivity contribution in [3.05, 3.63) is 35.4 Å². The van der Waals surface area contributed by atoms with Crippen molar-refractivity contribution in [2.24, 2.45) is 4.99 Å². The molecular formula is C24H40N4O. The molecule has 2 saturated heterocycles. The van der Waals surface area contributed by atoms with Gasteiger partial charge in [-0.05, 0) is 68.7 Å². The maximum Gasteiger partial charge on any atom is 0.191 e. The average Bonchev–Trinajstić information content (AvgIpc) is 3.30. The summed E-state index contributed by atoms with van der Waals surface area (Å²) in [6.07, 6.45) is 7.08. The molecule has 2 N–H and O–H groups in total. The zero-order chi connectivity index (χ0) is 20.5. The number of ether oxygens (including phenoxy) is 1. The Hall–Kier alpha value is -1.59. The minimum Gasteiger partial charge on any atom is -0.381 e. The van der Waals surface area contributed by atoms with Gasteiger partial charge in [-0.2, -0.15) is 0 Å². The Morgan fingerprint density at radius 3 is 2.41 bits per heavy atom. The van der Waals surface area contributed by atoms with Crippen molar-refractivity contribution in [2.45, 2.75) is 63.8 Å². The SMILES string of the molecule is CN=C(NCCCc1ccc(C(C)C)cc1)NCC1(N2CCCC2)CCOCC1. The van der Waals surface area contributed by atoms with Crippen molar-refractivity contribution in [1.82, 2.24) is 15.5 Å². The Balaban J connectivity index is 1.42. The molecule has 0 bridgehead atoms. The summed E-state index contributed by atoms with van der Waals surface area (Å²) in [5.41, 5.74) is 3.05. The highest BCUT2D eigenvalue weighted by atomic mass is 16.5. The number of guanidine groups is 1. The van der Waals surface area contributed by atoms with Gasteiger partial charge in [-0.15, -0.1) is 0 Å². The number of nitrogens with zero attached hydrogens (tertiary/aromatic N) is 2. The monoisotopic (exact) mass is 400 g/mol. The van der Waals surface area contributed by atoms with Crippen LogP contribution in [0.15, 0.2) is 29.3 Å². The topological polar surface area (TPSA) is 48.9 Å². The molecule has 3 rings (SSSR count). The third kappa shape index (κ3) is 6.19. The Morgan fingerprint density at radius 1 is 1.10 bits per heavy atom. The van der Waals surface area contributed by atoms with Crippen molar-refractivity contribution in [3.63, 3.8) is 0 Å². The highest BCUT2D eigenvalue weighted by Gasteiger charge is 2.39. The Morgan fingerprint density at radius 2 is 1.79 bits per heavy atom. The van der Waals surface area contributed by atoms with Gasteiger partial charge in [0.2, 0.25) is 0 Å². The molecule has 2 aliphatic rings. The summed E-state index contributed by atoms with van der Waals surface area (Å²) in [7, 11) is 1.87. The molecule has 2 heterocycles. The number of nitrogens with one attached hydrogen (secondary N) is 2. The zero-order valence-corrected chi connectivity index (χ0v) is 18.7. The standard InChI is InChI=1S/C24H40N4O/c1-20(2)22-10-8-21(9-11-22)7-6-14-26-23(25-3)27-19-24(12-17-29-18-13-24)28-15-4-5-16-28/h8-11,20H,4-7,12-19H2,1-3H3,(H2,25,26,27). The van der Waals surface area contributed by atoms with Crippen LogP contribution in [0.1, 0.15) is 63.0 Å². The van der Waals surface area contributed by atoms with Crippen molar-refractivity contribution in [2.75, 3.05) is 46.4 Å². The second-order valence-corrected chi connectivity index (χ2v) is 8.88. The average molecular weight is 401 g/mol. The van der Waals surface area contributed by atoms with E-state index in [4.69, 9.17) is 4.74 Å². The van der Waals surface area contributed by atoms with Crippen LogP contribution in [0, 0.1) is 0 Å². The van der Waals surface area contributed by atoms with Crippen LogP contribution in [0.3, 0.4) is 0 Å². The first-order valence-electron chi connectivity index (χ1n) is 11.5. The molecule has 2 fully saturated rings. The highest BCUT2D eigenvalue weighted by molar-refractivity contribution is 5.79. The van der Waals surface area contributed by atoms with E-state index < -0.39 is 0 Å². The van der Waals surface area contributed by atoms with Crippen LogP contribution in [0.4, 0.5) is 0 Å². The number of benzene rings is 1. The molecule has 0 unspecified atom stereocenters. The summed E-state index contributed by atoms with van der Waals surface area (Å²) in [6, 6.07) is 9.07. The molecule has 0 spiro atoms. The van der Waals surface area contributed by atoms with E-state index in [0.29, 0.717) is 5.92 Å². The van der Waals surface area contributed by atoms with E-state index in [1.54, 1.807) is 0 Å². The number of hydrogen-bond donors (Lipinski definition) is 2. The largest absolute Gasteiger partial charge is 0.381 e. The number of aryl methyl sites for hydroxylation is 1. The summed E-state index contributed by atoms with van der Waals surface area (Å²) in [5.74, 6) is 1.52. The van der Waals surface area contributed by atoms with E-state index in [1.165, 1.54) is 37.1 Å². The molecular weight excluding hydrogens is 360 g/mol. The first-order chi connectivity index (χ1) is 14.1. The lowest BCUT2D eigenvalue weighted by molar-refractivity contribution is -0.0164. The van der Waals surface area contributed by atoms with Gasteiger partial charge < -0.3 is 15.4 Å². The lowest BCUT2D eigenvalue weighted by atomic mass is 9.88. The van der Waals surface area contributed by atoms with Crippen molar-refractivity contribution in [1.29, 1.82) is 0 Å². The number of aliphatic imine (C=N–C) groups is 1. The predicted molar refractivity (Wildman–Crippen MR) is 122 cm³/mol. The van der Waals surface area contributed by atoms with Gasteiger partial charge in [0, 0.05) is 38.9 Å². The minimum atomic E-state index is 0.227. The van der Waals surface area contributed by atoms with Gasteiger partial charge >= 0.3 is 0 Å². The van der Waals surface area contributed by atoms with Crippen LogP contribution >= 0.6 is 0 Å². The van der Waals surface area contributed by atoms with Gasteiger partial charge in [-0.3, -0.25) is 9.89 Å². The normalized spacial score (nSPS) is 20.2. The zero-order valence-electron chi connectivity index (χ0n) is 18.7. The Kier molecular flexibility index (Phi) is 8.37. The number of rotatable bonds is 8. The lowest BCUT2D eigenvalue weighted by Gasteiger charge is -2.45. The predicted octanol–water partition coefficient (Wildman–Crippen LogP) is 3.55. The van der Waals surface area contributed by atoms with Gasteiger partial charge in [-0.1, -0.05) is 38.1 Å². The molecule has 0 aliphatic carbocycles. The molecule has 1 aromatic rings. The summed E-state index contributed by atoms with van der Waals surface area (Å²) in [4.78, 5) is 7.14. The van der Waals surface area contributed by atoms with Gasteiger partial charge in [0.15, 0.2) is 5.96 Å². The first-order valence-corrected chi connectivity index (χ1v) is 11.5. The number of hydrogen-bond acceptors (Lipinski definition) is 3.